The van der Waals surface area contributed by atoms with E-state index in [1.165, 1.54) is 38.5 Å². The zero-order valence-corrected chi connectivity index (χ0v) is 14.0. The summed E-state index contributed by atoms with van der Waals surface area (Å²) in [4.78, 5) is 14.2. The Morgan fingerprint density at radius 1 is 1.33 bits per heavy atom. The maximum Gasteiger partial charge on any atom is 0.237 e. The Kier molecular flexibility index (Phi) is 5.67. The van der Waals surface area contributed by atoms with Crippen LogP contribution < -0.4 is 11.1 Å². The zero-order valence-electron chi connectivity index (χ0n) is 14.0. The molecule has 2 aliphatic rings. The average molecular weight is 295 g/mol. The third kappa shape index (κ3) is 4.96. The van der Waals surface area contributed by atoms with Gasteiger partial charge >= 0.3 is 0 Å². The Labute approximate surface area is 129 Å². The minimum Gasteiger partial charge on any atom is -0.368 e. The molecule has 122 valence electrons. The zero-order chi connectivity index (χ0) is 15.5. The summed E-state index contributed by atoms with van der Waals surface area (Å²) in [6, 6.07) is 1.24. The van der Waals surface area contributed by atoms with Gasteiger partial charge < -0.3 is 16.0 Å². The highest BCUT2D eigenvalue weighted by Crippen LogP contribution is 2.28. The van der Waals surface area contributed by atoms with Crippen molar-refractivity contribution in [3.8, 4) is 0 Å². The lowest BCUT2D eigenvalue weighted by molar-refractivity contribution is -0.124. The van der Waals surface area contributed by atoms with Crippen molar-refractivity contribution < 1.29 is 4.79 Å². The number of primary amides is 1. The van der Waals surface area contributed by atoms with Crippen molar-refractivity contribution in [3.05, 3.63) is 0 Å². The summed E-state index contributed by atoms with van der Waals surface area (Å²) in [5.74, 6) is 0.655. The van der Waals surface area contributed by atoms with Crippen LogP contribution in [0.1, 0.15) is 65.2 Å². The van der Waals surface area contributed by atoms with Gasteiger partial charge in [0.2, 0.25) is 5.91 Å². The smallest absolute Gasteiger partial charge is 0.237 e. The highest BCUT2D eigenvalue weighted by Gasteiger charge is 2.36. The first kappa shape index (κ1) is 16.8. The molecular weight excluding hydrogens is 262 g/mol. The van der Waals surface area contributed by atoms with Gasteiger partial charge in [0, 0.05) is 12.1 Å². The summed E-state index contributed by atoms with van der Waals surface area (Å²) in [5.41, 5.74) is 5.08. The van der Waals surface area contributed by atoms with Crippen molar-refractivity contribution in [1.29, 1.82) is 0 Å². The molecule has 0 aromatic heterocycles. The summed E-state index contributed by atoms with van der Waals surface area (Å²) in [6.07, 6.45) is 9.63. The molecule has 3 N–H and O–H groups in total. The minimum atomic E-state index is -0.526. The number of hydrogen-bond acceptors (Lipinski definition) is 3. The Morgan fingerprint density at radius 2 is 2.05 bits per heavy atom. The lowest BCUT2D eigenvalue weighted by Gasteiger charge is -2.35. The summed E-state index contributed by atoms with van der Waals surface area (Å²) in [7, 11) is 2.23. The van der Waals surface area contributed by atoms with E-state index in [9.17, 15) is 4.79 Å². The SMILES string of the molecule is CC1CCCC(N(C)CCCC(C)(NC2CC2)C(N)=O)C1. The Hall–Kier alpha value is -0.610. The molecular formula is C17H33N3O. The number of carbonyl (C=O) groups is 1. The molecule has 3 atom stereocenters. The molecule has 0 spiro atoms. The molecule has 0 heterocycles. The second-order valence-corrected chi connectivity index (χ2v) is 7.62. The van der Waals surface area contributed by atoms with E-state index in [-0.39, 0.29) is 5.91 Å². The summed E-state index contributed by atoms with van der Waals surface area (Å²) in [6.45, 7) is 5.40. The molecule has 0 aliphatic heterocycles. The molecule has 4 nitrogen and oxygen atoms in total. The maximum absolute atomic E-state index is 11.8. The van der Waals surface area contributed by atoms with Gasteiger partial charge in [-0.1, -0.05) is 19.8 Å². The number of hydrogen-bond donors (Lipinski definition) is 2. The lowest BCUT2D eigenvalue weighted by atomic mass is 9.86. The Morgan fingerprint density at radius 3 is 2.62 bits per heavy atom. The van der Waals surface area contributed by atoms with E-state index in [0.29, 0.717) is 6.04 Å². The van der Waals surface area contributed by atoms with E-state index in [1.807, 2.05) is 6.92 Å². The molecule has 1 amide bonds. The van der Waals surface area contributed by atoms with E-state index in [1.54, 1.807) is 0 Å². The van der Waals surface area contributed by atoms with Crippen molar-refractivity contribution in [3.63, 3.8) is 0 Å². The molecule has 2 fully saturated rings. The van der Waals surface area contributed by atoms with E-state index in [4.69, 9.17) is 5.73 Å². The second-order valence-electron chi connectivity index (χ2n) is 7.62. The van der Waals surface area contributed by atoms with Gasteiger partial charge in [0.1, 0.15) is 0 Å². The molecule has 0 bridgehead atoms. The Bertz CT molecular complexity index is 356. The van der Waals surface area contributed by atoms with Crippen molar-refractivity contribution >= 4 is 5.91 Å². The van der Waals surface area contributed by atoms with E-state index >= 15 is 0 Å². The van der Waals surface area contributed by atoms with Gasteiger partial charge in [-0.3, -0.25) is 4.79 Å². The fraction of sp³-hybridized carbons (Fsp3) is 0.941. The van der Waals surface area contributed by atoms with Crippen molar-refractivity contribution in [2.75, 3.05) is 13.6 Å². The molecule has 3 unspecified atom stereocenters. The molecule has 2 aliphatic carbocycles. The van der Waals surface area contributed by atoms with Gasteiger partial charge in [-0.2, -0.15) is 0 Å². The molecule has 21 heavy (non-hydrogen) atoms. The first-order valence-electron chi connectivity index (χ1n) is 8.68. The van der Waals surface area contributed by atoms with E-state index < -0.39 is 5.54 Å². The topological polar surface area (TPSA) is 58.4 Å². The second kappa shape index (κ2) is 7.10. The normalized spacial score (nSPS) is 29.3. The van der Waals surface area contributed by atoms with Crippen molar-refractivity contribution in [2.45, 2.75) is 82.8 Å². The van der Waals surface area contributed by atoms with Crippen LogP contribution in [0.5, 0.6) is 0 Å². The summed E-state index contributed by atoms with van der Waals surface area (Å²) in [5, 5.41) is 3.43. The average Bonchev–Trinajstić information content (AvgIpc) is 3.22. The molecule has 0 aromatic rings. The summed E-state index contributed by atoms with van der Waals surface area (Å²) < 4.78 is 0. The highest BCUT2D eigenvalue weighted by atomic mass is 16.1. The van der Waals surface area contributed by atoms with Gasteiger partial charge in [0.05, 0.1) is 5.54 Å². The molecule has 0 radical (unpaired) electrons. The van der Waals surface area contributed by atoms with Crippen molar-refractivity contribution in [2.24, 2.45) is 11.7 Å². The number of nitrogens with two attached hydrogens (primary N) is 1. The number of amides is 1. The van der Waals surface area contributed by atoms with E-state index in [2.05, 4.69) is 24.2 Å². The van der Waals surface area contributed by atoms with Crippen LogP contribution in [0.25, 0.3) is 0 Å². The fourth-order valence-corrected chi connectivity index (χ4v) is 3.61. The number of rotatable bonds is 8. The first-order chi connectivity index (χ1) is 9.90. The Balaban J connectivity index is 1.74. The van der Waals surface area contributed by atoms with Crippen LogP contribution in [0.15, 0.2) is 0 Å². The molecule has 0 aromatic carbocycles. The predicted octanol–water partition coefficient (Wildman–Crippen LogP) is 2.27. The van der Waals surface area contributed by atoms with Crippen LogP contribution in [-0.2, 0) is 4.79 Å². The van der Waals surface area contributed by atoms with Crippen LogP contribution in [0.2, 0.25) is 0 Å². The highest BCUT2D eigenvalue weighted by molar-refractivity contribution is 5.84. The van der Waals surface area contributed by atoms with Gasteiger partial charge in [0.25, 0.3) is 0 Å². The van der Waals surface area contributed by atoms with Crippen LogP contribution in [-0.4, -0.2) is 42.0 Å². The van der Waals surface area contributed by atoms with Gasteiger partial charge in [0.15, 0.2) is 0 Å². The third-order valence-corrected chi connectivity index (χ3v) is 5.36. The molecule has 2 saturated carbocycles. The monoisotopic (exact) mass is 295 g/mol. The summed E-state index contributed by atoms with van der Waals surface area (Å²) >= 11 is 0. The standard InChI is InChI=1S/C17H33N3O/c1-13-6-4-7-15(12-13)20(3)11-5-10-17(2,16(18)21)19-14-8-9-14/h13-15,19H,4-12H2,1-3H3,(H2,18,21). The molecule has 2 rings (SSSR count). The number of carbonyl (C=O) groups excluding carboxylic acids is 1. The third-order valence-electron chi connectivity index (χ3n) is 5.36. The lowest BCUT2D eigenvalue weighted by Crippen LogP contribution is -2.54. The number of nitrogens with one attached hydrogen (secondary N) is 1. The van der Waals surface area contributed by atoms with Crippen LogP contribution in [0, 0.1) is 5.92 Å². The largest absolute Gasteiger partial charge is 0.368 e. The van der Waals surface area contributed by atoms with E-state index in [0.717, 1.165) is 31.3 Å². The van der Waals surface area contributed by atoms with Crippen molar-refractivity contribution in [1.82, 2.24) is 10.2 Å². The quantitative estimate of drug-likeness (QED) is 0.722. The van der Waals surface area contributed by atoms with Gasteiger partial charge in [-0.25, -0.2) is 0 Å². The fourth-order valence-electron chi connectivity index (χ4n) is 3.61. The minimum absolute atomic E-state index is 0.205. The maximum atomic E-state index is 11.8. The first-order valence-corrected chi connectivity index (χ1v) is 8.68. The predicted molar refractivity (Wildman–Crippen MR) is 87.0 cm³/mol. The van der Waals surface area contributed by atoms with Gasteiger partial charge in [-0.15, -0.1) is 0 Å². The molecule has 4 heteroatoms. The van der Waals surface area contributed by atoms with Crippen LogP contribution in [0.3, 0.4) is 0 Å². The van der Waals surface area contributed by atoms with Crippen LogP contribution >= 0.6 is 0 Å². The van der Waals surface area contributed by atoms with Gasteiger partial charge in [-0.05, 0) is 65.0 Å². The van der Waals surface area contributed by atoms with Crippen LogP contribution in [0.4, 0.5) is 0 Å². The number of nitrogens with zero attached hydrogens (tertiary/aromatic N) is 1. The molecule has 0 saturated heterocycles.